The zero-order valence-corrected chi connectivity index (χ0v) is 13.9. The Morgan fingerprint density at radius 1 is 1.45 bits per heavy atom. The number of likely N-dealkylation sites (tertiary alicyclic amines) is 1. The van der Waals surface area contributed by atoms with Crippen molar-refractivity contribution in [3.63, 3.8) is 0 Å². The summed E-state index contributed by atoms with van der Waals surface area (Å²) in [5, 5.41) is 14.4. The maximum atomic E-state index is 10.2. The van der Waals surface area contributed by atoms with Crippen molar-refractivity contribution in [3.8, 4) is 0 Å². The minimum absolute atomic E-state index is 0.000568. The van der Waals surface area contributed by atoms with E-state index in [1.807, 2.05) is 6.92 Å². The molecule has 0 aromatic carbocycles. The summed E-state index contributed by atoms with van der Waals surface area (Å²) in [6.07, 6.45) is 2.87. The lowest BCUT2D eigenvalue weighted by Gasteiger charge is -2.56. The van der Waals surface area contributed by atoms with Crippen LogP contribution in [0.5, 0.6) is 0 Å². The standard InChI is InChI=1S/C17H28N2O3/c1-4-21-16-10-15(20)17(16)5-7-19(8-6-17)11-13-9-14(12(2)3)22-18-13/h9,12,15-16,20H,4-8,10-11H2,1-3H3/t15-,16+/m0/s1. The first-order valence-electron chi connectivity index (χ1n) is 8.52. The normalized spacial score (nSPS) is 28.2. The minimum Gasteiger partial charge on any atom is -0.392 e. The maximum absolute atomic E-state index is 10.2. The molecule has 5 heteroatoms. The highest BCUT2D eigenvalue weighted by atomic mass is 16.5. The number of nitrogens with zero attached hydrogens (tertiary/aromatic N) is 2. The van der Waals surface area contributed by atoms with Crippen LogP contribution in [0.1, 0.15) is 57.4 Å². The van der Waals surface area contributed by atoms with Crippen LogP contribution in [0.3, 0.4) is 0 Å². The highest BCUT2D eigenvalue weighted by Gasteiger charge is 2.55. The summed E-state index contributed by atoms with van der Waals surface area (Å²) in [5.41, 5.74) is 1.01. The maximum Gasteiger partial charge on any atom is 0.139 e. The van der Waals surface area contributed by atoms with E-state index in [1.165, 1.54) is 0 Å². The molecule has 1 aliphatic heterocycles. The zero-order chi connectivity index (χ0) is 15.7. The zero-order valence-electron chi connectivity index (χ0n) is 13.9. The SMILES string of the molecule is CCO[C@@H]1C[C@H](O)C12CCN(Cc1cc(C(C)C)on1)CC2. The van der Waals surface area contributed by atoms with Crippen molar-refractivity contribution in [2.24, 2.45) is 5.41 Å². The minimum atomic E-state index is -0.189. The van der Waals surface area contributed by atoms with Crippen molar-refractivity contribution < 1.29 is 14.4 Å². The van der Waals surface area contributed by atoms with Crippen LogP contribution in [0.4, 0.5) is 0 Å². The van der Waals surface area contributed by atoms with Crippen LogP contribution in [-0.2, 0) is 11.3 Å². The molecule has 1 N–H and O–H groups in total. The predicted octanol–water partition coefficient (Wildman–Crippen LogP) is 2.55. The number of rotatable bonds is 5. The van der Waals surface area contributed by atoms with Crippen LogP contribution in [0.25, 0.3) is 0 Å². The molecular weight excluding hydrogens is 280 g/mol. The van der Waals surface area contributed by atoms with Crippen LogP contribution in [0, 0.1) is 5.41 Å². The van der Waals surface area contributed by atoms with Gasteiger partial charge in [-0.1, -0.05) is 19.0 Å². The van der Waals surface area contributed by atoms with Gasteiger partial charge >= 0.3 is 0 Å². The van der Waals surface area contributed by atoms with Gasteiger partial charge in [0.1, 0.15) is 5.76 Å². The van der Waals surface area contributed by atoms with Gasteiger partial charge in [0, 0.05) is 37.0 Å². The molecule has 2 fully saturated rings. The number of hydrogen-bond acceptors (Lipinski definition) is 5. The van der Waals surface area contributed by atoms with E-state index in [0.29, 0.717) is 5.92 Å². The number of aliphatic hydroxyl groups excluding tert-OH is 1. The third-order valence-corrected chi connectivity index (χ3v) is 5.43. The number of piperidine rings is 1. The fraction of sp³-hybridized carbons (Fsp3) is 0.824. The third kappa shape index (κ3) is 2.82. The van der Waals surface area contributed by atoms with Crippen LogP contribution >= 0.6 is 0 Å². The number of aromatic nitrogens is 1. The molecule has 2 atom stereocenters. The average Bonchev–Trinajstić information content (AvgIpc) is 2.97. The second-order valence-electron chi connectivity index (χ2n) is 7.08. The Morgan fingerprint density at radius 2 is 2.18 bits per heavy atom. The van der Waals surface area contributed by atoms with Gasteiger partial charge in [0.15, 0.2) is 0 Å². The van der Waals surface area contributed by atoms with Gasteiger partial charge in [-0.2, -0.15) is 0 Å². The lowest BCUT2D eigenvalue weighted by atomic mass is 9.58. The molecule has 0 radical (unpaired) electrons. The van der Waals surface area contributed by atoms with Gasteiger partial charge in [0.25, 0.3) is 0 Å². The second-order valence-corrected chi connectivity index (χ2v) is 7.08. The Bertz CT molecular complexity index is 490. The smallest absolute Gasteiger partial charge is 0.139 e. The fourth-order valence-electron chi connectivity index (χ4n) is 3.85. The summed E-state index contributed by atoms with van der Waals surface area (Å²) in [5.74, 6) is 1.33. The monoisotopic (exact) mass is 308 g/mol. The molecular formula is C17H28N2O3. The van der Waals surface area contributed by atoms with Crippen LogP contribution in [0.2, 0.25) is 0 Å². The Balaban J connectivity index is 1.55. The molecule has 1 spiro atoms. The van der Waals surface area contributed by atoms with Gasteiger partial charge < -0.3 is 14.4 Å². The highest BCUT2D eigenvalue weighted by molar-refractivity contribution is 5.10. The lowest BCUT2D eigenvalue weighted by molar-refractivity contribution is -0.210. The van der Waals surface area contributed by atoms with Crippen LogP contribution < -0.4 is 0 Å². The van der Waals surface area contributed by atoms with Gasteiger partial charge in [0.2, 0.25) is 0 Å². The third-order valence-electron chi connectivity index (χ3n) is 5.43. The summed E-state index contributed by atoms with van der Waals surface area (Å²) < 4.78 is 11.2. The van der Waals surface area contributed by atoms with Crippen molar-refractivity contribution in [2.45, 2.75) is 64.7 Å². The van der Waals surface area contributed by atoms with Crippen molar-refractivity contribution in [3.05, 3.63) is 17.5 Å². The van der Waals surface area contributed by atoms with Crippen molar-refractivity contribution in [1.29, 1.82) is 0 Å². The van der Waals surface area contributed by atoms with E-state index < -0.39 is 0 Å². The Morgan fingerprint density at radius 3 is 2.73 bits per heavy atom. The molecule has 2 heterocycles. The molecule has 22 heavy (non-hydrogen) atoms. The number of aliphatic hydroxyl groups is 1. The summed E-state index contributed by atoms with van der Waals surface area (Å²) in [7, 11) is 0. The predicted molar refractivity (Wildman–Crippen MR) is 83.6 cm³/mol. The van der Waals surface area contributed by atoms with E-state index in [4.69, 9.17) is 9.26 Å². The largest absolute Gasteiger partial charge is 0.392 e. The van der Waals surface area contributed by atoms with Gasteiger partial charge in [-0.25, -0.2) is 0 Å². The molecule has 124 valence electrons. The van der Waals surface area contributed by atoms with E-state index in [2.05, 4.69) is 30.0 Å². The Hall–Kier alpha value is -0.910. The molecule has 2 aliphatic rings. The molecule has 5 nitrogen and oxygen atoms in total. The molecule has 1 saturated heterocycles. The molecule has 1 aromatic rings. The molecule has 0 amide bonds. The lowest BCUT2D eigenvalue weighted by Crippen LogP contribution is -2.62. The van der Waals surface area contributed by atoms with Crippen molar-refractivity contribution in [2.75, 3.05) is 19.7 Å². The summed E-state index contributed by atoms with van der Waals surface area (Å²) in [6.45, 7) is 9.81. The number of hydrogen-bond donors (Lipinski definition) is 1. The fourth-order valence-corrected chi connectivity index (χ4v) is 3.85. The summed E-state index contributed by atoms with van der Waals surface area (Å²) in [6, 6.07) is 2.07. The molecule has 3 rings (SSSR count). The topological polar surface area (TPSA) is 58.7 Å². The molecule has 1 aromatic heterocycles. The molecule has 0 unspecified atom stereocenters. The van der Waals surface area contributed by atoms with Gasteiger partial charge in [-0.15, -0.1) is 0 Å². The molecule has 1 aliphatic carbocycles. The first kappa shape index (κ1) is 16.0. The van der Waals surface area contributed by atoms with Crippen molar-refractivity contribution in [1.82, 2.24) is 10.1 Å². The summed E-state index contributed by atoms with van der Waals surface area (Å²) >= 11 is 0. The van der Waals surface area contributed by atoms with E-state index in [9.17, 15) is 5.11 Å². The highest BCUT2D eigenvalue weighted by Crippen LogP contribution is 2.51. The van der Waals surface area contributed by atoms with Crippen molar-refractivity contribution >= 4 is 0 Å². The first-order valence-corrected chi connectivity index (χ1v) is 8.52. The second kappa shape index (κ2) is 6.30. The number of ether oxygens (including phenoxy) is 1. The first-order chi connectivity index (χ1) is 10.5. The summed E-state index contributed by atoms with van der Waals surface area (Å²) in [4.78, 5) is 2.40. The van der Waals surface area contributed by atoms with Crippen LogP contribution in [-0.4, -0.2) is 47.1 Å². The molecule has 1 saturated carbocycles. The Kier molecular flexibility index (Phi) is 4.57. The molecule has 0 bridgehead atoms. The van der Waals surface area contributed by atoms with Gasteiger partial charge in [-0.05, 0) is 32.9 Å². The van der Waals surface area contributed by atoms with Crippen LogP contribution in [0.15, 0.2) is 10.6 Å². The Labute approximate surface area is 132 Å². The van der Waals surface area contributed by atoms with E-state index >= 15 is 0 Å². The van der Waals surface area contributed by atoms with E-state index in [0.717, 1.165) is 57.0 Å². The van der Waals surface area contributed by atoms with Gasteiger partial charge in [-0.3, -0.25) is 4.90 Å². The average molecular weight is 308 g/mol. The quantitative estimate of drug-likeness (QED) is 0.906. The van der Waals surface area contributed by atoms with E-state index in [1.54, 1.807) is 0 Å². The van der Waals surface area contributed by atoms with E-state index in [-0.39, 0.29) is 17.6 Å². The van der Waals surface area contributed by atoms with Gasteiger partial charge in [0.05, 0.1) is 17.9 Å².